The van der Waals surface area contributed by atoms with Crippen molar-refractivity contribution in [1.29, 1.82) is 0 Å². The molecule has 3 fully saturated rings. The first-order chi connectivity index (χ1) is 43.9. The maximum absolute atomic E-state index is 12.4. The Hall–Kier alpha value is -8.01. The lowest BCUT2D eigenvalue weighted by atomic mass is 10.0. The van der Waals surface area contributed by atoms with E-state index in [0.29, 0.717) is 111 Å². The number of carbonyl (C=O) groups is 3. The maximum atomic E-state index is 12.4. The fourth-order valence-electron chi connectivity index (χ4n) is 12.5. The van der Waals surface area contributed by atoms with Crippen LogP contribution < -0.4 is 46.1 Å². The summed E-state index contributed by atoms with van der Waals surface area (Å²) in [6, 6.07) is 26.6. The van der Waals surface area contributed by atoms with E-state index < -0.39 is 0 Å². The van der Waals surface area contributed by atoms with E-state index in [1.54, 1.807) is 0 Å². The van der Waals surface area contributed by atoms with Crippen LogP contribution in [0.1, 0.15) is 148 Å². The summed E-state index contributed by atoms with van der Waals surface area (Å²) in [5, 5.41) is 0. The highest BCUT2D eigenvalue weighted by molar-refractivity contribution is 5.92. The third kappa shape index (κ3) is 17.9. The Kier molecular flexibility index (Phi) is 23.2. The number of nitrogens with two attached hydrogens (primary N) is 3. The van der Waals surface area contributed by atoms with Crippen molar-refractivity contribution in [3.63, 3.8) is 0 Å². The number of rotatable bonds is 24. The average molecular weight is 1230 g/mol. The van der Waals surface area contributed by atoms with Gasteiger partial charge in [0.15, 0.2) is 17.3 Å². The maximum Gasteiger partial charge on any atom is 0.320 e. The normalized spacial score (nSPS) is 16.7. The molecule has 3 aromatic carbocycles. The van der Waals surface area contributed by atoms with Gasteiger partial charge in [-0.2, -0.15) is 29.9 Å². The molecule has 0 spiro atoms. The first kappa shape index (κ1) is 65.0. The Morgan fingerprint density at radius 1 is 0.389 bits per heavy atom. The van der Waals surface area contributed by atoms with Crippen LogP contribution in [-0.2, 0) is 72.9 Å². The molecule has 0 amide bonds. The molecular weight excluding hydrogens is 1130 g/mol. The van der Waals surface area contributed by atoms with Crippen LogP contribution >= 0.6 is 0 Å². The number of likely N-dealkylation sites (tertiary alicyclic amines) is 3. The number of ether oxygens (including phenoxy) is 3. The van der Waals surface area contributed by atoms with E-state index in [-0.39, 0.29) is 36.6 Å². The summed E-state index contributed by atoms with van der Waals surface area (Å²) in [4.78, 5) is 77.3. The van der Waals surface area contributed by atoms with Gasteiger partial charge in [-0.05, 0) is 130 Å². The first-order valence-electron chi connectivity index (χ1n) is 32.9. The zero-order chi connectivity index (χ0) is 62.8. The van der Waals surface area contributed by atoms with Gasteiger partial charge >= 0.3 is 18.0 Å². The number of unbranched alkanes of at least 4 members (excludes halogenated alkanes) is 3. The van der Waals surface area contributed by atoms with Crippen molar-refractivity contribution in [3.05, 3.63) is 123 Å². The van der Waals surface area contributed by atoms with E-state index in [1.165, 1.54) is 87.0 Å². The topological polar surface area (TPSA) is 254 Å². The molecule has 0 aliphatic carbocycles. The lowest BCUT2D eigenvalue weighted by molar-refractivity contribution is -0.118. The van der Waals surface area contributed by atoms with Gasteiger partial charge in [-0.1, -0.05) is 113 Å². The molecule has 3 aromatic heterocycles. The number of carbonyl (C=O) groups excluding carboxylic acids is 3. The van der Waals surface area contributed by atoms with E-state index in [2.05, 4.69) is 138 Å². The van der Waals surface area contributed by atoms with E-state index in [9.17, 15) is 14.4 Å². The molecule has 480 valence electrons. The number of nitrogens with zero attached hydrogens (tertiary/aromatic N) is 12. The molecule has 0 saturated carbocycles. The summed E-state index contributed by atoms with van der Waals surface area (Å²) in [5.74, 6) is 3.58. The van der Waals surface area contributed by atoms with Crippen molar-refractivity contribution in [2.24, 2.45) is 0 Å². The minimum atomic E-state index is 0.128. The lowest BCUT2D eigenvalue weighted by Crippen LogP contribution is -2.37. The molecule has 0 radical (unpaired) electrons. The first-order valence-corrected chi connectivity index (χ1v) is 32.9. The summed E-state index contributed by atoms with van der Waals surface area (Å²) in [6.07, 6.45) is 14.5. The van der Waals surface area contributed by atoms with Gasteiger partial charge in [-0.3, -0.25) is 29.1 Å². The molecule has 12 rings (SSSR count). The number of anilines is 6. The number of ketones is 3. The van der Waals surface area contributed by atoms with Gasteiger partial charge in [0.2, 0.25) is 0 Å². The Bertz CT molecular complexity index is 3370. The van der Waals surface area contributed by atoms with Gasteiger partial charge in [0.1, 0.15) is 34.9 Å². The van der Waals surface area contributed by atoms with Gasteiger partial charge in [0, 0.05) is 75.2 Å². The molecular formula is C69H93N15O6. The number of nitrogen functional groups attached to an aromatic ring is 3. The van der Waals surface area contributed by atoms with Crippen LogP contribution in [0.3, 0.4) is 0 Å². The van der Waals surface area contributed by atoms with Gasteiger partial charge in [0.25, 0.3) is 0 Å². The quantitative estimate of drug-likeness (QED) is 0.0478. The van der Waals surface area contributed by atoms with E-state index in [4.69, 9.17) is 31.4 Å². The standard InChI is InChI=1S/3C23H31N5O2/c1-2-3-12-30-23-25-21(24)20-13-19(29)16-28(22(20)26-23)15-18-8-6-17(7-9-18)14-27-10-4-5-11-27;1-2-3-11-30-23-25-21(24)20-13-19(29)16-28(22(20)26-23)15-18-8-6-7-17(12-18)14-27-9-4-5-10-27;1-2-3-12-30-23-25-21(24)20-13-19(29)16-28(22(20)26-23)15-18-9-5-4-8-17(18)14-27-10-6-7-11-27/h6-9H,2-5,10-16H2,1H3,(H2,24,25,26);6-8,12H,2-5,9-11,13-16H2,1H3,(H2,24,25,26);4-5,8-9H,2-3,6-7,10-16H2,1H3,(H2,24,25,26). The third-order valence-corrected chi connectivity index (χ3v) is 17.3. The predicted octanol–water partition coefficient (Wildman–Crippen LogP) is 8.90. The smallest absolute Gasteiger partial charge is 0.320 e. The summed E-state index contributed by atoms with van der Waals surface area (Å²) in [7, 11) is 0. The summed E-state index contributed by atoms with van der Waals surface area (Å²) in [6.45, 7) is 20.8. The van der Waals surface area contributed by atoms with E-state index in [0.717, 1.165) is 99.8 Å². The van der Waals surface area contributed by atoms with Crippen molar-refractivity contribution in [2.45, 2.75) is 156 Å². The second kappa shape index (κ2) is 32.1. The highest BCUT2D eigenvalue weighted by Crippen LogP contribution is 2.35. The Morgan fingerprint density at radius 3 is 1.12 bits per heavy atom. The summed E-state index contributed by atoms with van der Waals surface area (Å²) < 4.78 is 17.1. The van der Waals surface area contributed by atoms with Crippen molar-refractivity contribution in [2.75, 3.05) is 111 Å². The van der Waals surface area contributed by atoms with Crippen molar-refractivity contribution in [3.8, 4) is 18.0 Å². The molecule has 6 aromatic rings. The summed E-state index contributed by atoms with van der Waals surface area (Å²) >= 11 is 0. The van der Waals surface area contributed by atoms with Gasteiger partial charge in [0.05, 0.1) is 39.5 Å². The zero-order valence-corrected chi connectivity index (χ0v) is 53.3. The van der Waals surface area contributed by atoms with E-state index >= 15 is 0 Å². The summed E-state index contributed by atoms with van der Waals surface area (Å²) in [5.41, 5.74) is 28.1. The molecule has 9 heterocycles. The second-order valence-corrected chi connectivity index (χ2v) is 24.8. The zero-order valence-electron chi connectivity index (χ0n) is 53.3. The lowest BCUT2D eigenvalue weighted by Gasteiger charge is -2.31. The SMILES string of the molecule is CCCCOc1nc(N)c2c(n1)N(Cc1ccc(CN3CCCC3)cc1)CC(=O)C2.CCCCOc1nc(N)c2c(n1)N(Cc1cccc(CN3CCCC3)c1)CC(=O)C2.CCCCOc1nc(N)c2c(n1)N(Cc1ccccc1CN1CCCC1)CC(=O)C2. The van der Waals surface area contributed by atoms with Crippen LogP contribution in [0.4, 0.5) is 34.9 Å². The fraction of sp³-hybridized carbons (Fsp3) is 0.522. The Labute approximate surface area is 531 Å². The molecule has 6 aliphatic rings. The number of hydrogen-bond donors (Lipinski definition) is 3. The van der Waals surface area contributed by atoms with Crippen molar-refractivity contribution < 1.29 is 28.6 Å². The number of hydrogen-bond acceptors (Lipinski definition) is 21. The van der Waals surface area contributed by atoms with Crippen molar-refractivity contribution >= 4 is 52.3 Å². The molecule has 0 atom stereocenters. The van der Waals surface area contributed by atoms with Crippen LogP contribution in [0.15, 0.2) is 72.8 Å². The number of fused-ring (bicyclic) bond motifs is 3. The molecule has 3 saturated heterocycles. The molecule has 21 heteroatoms. The van der Waals surface area contributed by atoms with Gasteiger partial charge in [-0.25, -0.2) is 0 Å². The number of Topliss-reactive ketones (excluding diaryl/α,β-unsaturated/α-hetero) is 3. The Morgan fingerprint density at radius 2 is 0.722 bits per heavy atom. The van der Waals surface area contributed by atoms with Crippen LogP contribution in [0, 0.1) is 0 Å². The number of aromatic nitrogens is 6. The number of benzene rings is 3. The van der Waals surface area contributed by atoms with Crippen LogP contribution in [0.2, 0.25) is 0 Å². The molecule has 0 bridgehead atoms. The average Bonchev–Trinajstić information content (AvgIpc) is 1.32. The monoisotopic (exact) mass is 1230 g/mol. The van der Waals surface area contributed by atoms with Gasteiger partial charge in [-0.15, -0.1) is 0 Å². The largest absolute Gasteiger partial charge is 0.463 e. The molecule has 6 N–H and O–H groups in total. The van der Waals surface area contributed by atoms with Crippen LogP contribution in [-0.4, -0.2) is 141 Å². The third-order valence-electron chi connectivity index (χ3n) is 17.3. The second-order valence-electron chi connectivity index (χ2n) is 24.8. The molecule has 6 aliphatic heterocycles. The fourth-order valence-corrected chi connectivity index (χ4v) is 12.5. The predicted molar refractivity (Wildman–Crippen MR) is 353 cm³/mol. The van der Waals surface area contributed by atoms with Crippen LogP contribution in [0.25, 0.3) is 0 Å². The minimum Gasteiger partial charge on any atom is -0.463 e. The van der Waals surface area contributed by atoms with Crippen LogP contribution in [0.5, 0.6) is 18.0 Å². The van der Waals surface area contributed by atoms with Crippen molar-refractivity contribution in [1.82, 2.24) is 44.6 Å². The molecule has 0 unspecified atom stereocenters. The molecule has 21 nitrogen and oxygen atoms in total. The highest BCUT2D eigenvalue weighted by Gasteiger charge is 2.31. The molecule has 90 heavy (non-hydrogen) atoms. The highest BCUT2D eigenvalue weighted by atomic mass is 16.5. The van der Waals surface area contributed by atoms with Gasteiger partial charge < -0.3 is 46.1 Å². The van der Waals surface area contributed by atoms with E-state index in [1.807, 2.05) is 14.7 Å². The Balaban J connectivity index is 0.000000148. The minimum absolute atomic E-state index is 0.128.